The van der Waals surface area contributed by atoms with E-state index in [1.807, 2.05) is 11.1 Å². The van der Waals surface area contributed by atoms with Gasteiger partial charge in [-0.15, -0.1) is 0 Å². The highest BCUT2D eigenvalue weighted by Crippen LogP contribution is 2.64. The topological polar surface area (TPSA) is 26.0 Å². The fraction of sp³-hybridized carbons (Fsp3) is 0.778. The lowest BCUT2D eigenvalue weighted by Crippen LogP contribution is -2.52. The molecule has 3 unspecified atom stereocenters. The number of fused-ring (bicyclic) bond motifs is 3. The van der Waals surface area contributed by atoms with Crippen LogP contribution in [0.1, 0.15) is 19.3 Å². The maximum atomic E-state index is 5.63. The summed E-state index contributed by atoms with van der Waals surface area (Å²) in [6.07, 6.45) is 4.25. The number of hydrogen-bond donors (Lipinski definition) is 1. The van der Waals surface area contributed by atoms with Gasteiger partial charge in [0, 0.05) is 0 Å². The molecule has 1 saturated carbocycles. The van der Waals surface area contributed by atoms with Crippen molar-refractivity contribution in [2.24, 2.45) is 23.5 Å². The number of nitrogens with two attached hydrogens (primary N) is 1. The SMILES string of the molecule is NCC1CC2C3=C(CC3)C12. The highest BCUT2D eigenvalue weighted by molar-refractivity contribution is 5.44. The molecule has 1 fully saturated rings. The van der Waals surface area contributed by atoms with Crippen molar-refractivity contribution in [2.75, 3.05) is 6.54 Å². The first-order valence-corrected chi connectivity index (χ1v) is 4.33. The quantitative estimate of drug-likeness (QED) is 0.539. The first kappa shape index (κ1) is 5.36. The van der Waals surface area contributed by atoms with Crippen LogP contribution in [0.5, 0.6) is 0 Å². The van der Waals surface area contributed by atoms with Gasteiger partial charge in [0.15, 0.2) is 0 Å². The second kappa shape index (κ2) is 1.48. The minimum absolute atomic E-state index is 0.879. The molecule has 3 atom stereocenters. The molecule has 0 heterocycles. The van der Waals surface area contributed by atoms with Crippen LogP contribution in [-0.2, 0) is 0 Å². The Bertz CT molecular complexity index is 217. The predicted molar refractivity (Wildman–Crippen MR) is 40.4 cm³/mol. The van der Waals surface area contributed by atoms with Crippen molar-refractivity contribution in [2.45, 2.75) is 19.3 Å². The molecule has 0 radical (unpaired) electrons. The van der Waals surface area contributed by atoms with Gasteiger partial charge in [0.25, 0.3) is 0 Å². The smallest absolute Gasteiger partial charge is 0.00427 e. The van der Waals surface area contributed by atoms with Crippen LogP contribution >= 0.6 is 0 Å². The zero-order valence-electron chi connectivity index (χ0n) is 6.14. The lowest BCUT2D eigenvalue weighted by atomic mass is 9.45. The first-order chi connectivity index (χ1) is 4.92. The van der Waals surface area contributed by atoms with Crippen LogP contribution in [0.15, 0.2) is 11.1 Å². The van der Waals surface area contributed by atoms with Gasteiger partial charge in [-0.1, -0.05) is 11.1 Å². The average molecular weight is 135 g/mol. The molecule has 10 heavy (non-hydrogen) atoms. The predicted octanol–water partition coefficient (Wildman–Crippen LogP) is 1.30. The van der Waals surface area contributed by atoms with Crippen molar-refractivity contribution in [3.63, 3.8) is 0 Å². The Morgan fingerprint density at radius 1 is 1.30 bits per heavy atom. The van der Waals surface area contributed by atoms with E-state index in [9.17, 15) is 0 Å². The molecule has 54 valence electrons. The summed E-state index contributed by atoms with van der Waals surface area (Å²) in [5.74, 6) is 2.88. The van der Waals surface area contributed by atoms with Gasteiger partial charge in [-0.25, -0.2) is 0 Å². The third-order valence-electron chi connectivity index (χ3n) is 3.73. The van der Waals surface area contributed by atoms with Gasteiger partial charge in [-0.05, 0) is 43.6 Å². The molecule has 0 aromatic heterocycles. The second-order valence-electron chi connectivity index (χ2n) is 3.91. The lowest BCUT2D eigenvalue weighted by Gasteiger charge is -2.60. The van der Waals surface area contributed by atoms with E-state index < -0.39 is 0 Å². The highest BCUT2D eigenvalue weighted by atomic mass is 14.7. The van der Waals surface area contributed by atoms with Gasteiger partial charge in [-0.3, -0.25) is 0 Å². The summed E-state index contributed by atoms with van der Waals surface area (Å²) >= 11 is 0. The normalized spacial score (nSPS) is 48.3. The van der Waals surface area contributed by atoms with E-state index in [0.29, 0.717) is 0 Å². The molecule has 0 spiro atoms. The van der Waals surface area contributed by atoms with E-state index in [0.717, 1.165) is 24.3 Å². The number of rotatable bonds is 1. The molecule has 0 aromatic rings. The van der Waals surface area contributed by atoms with Gasteiger partial charge in [0.2, 0.25) is 0 Å². The van der Waals surface area contributed by atoms with Gasteiger partial charge in [-0.2, -0.15) is 0 Å². The van der Waals surface area contributed by atoms with Crippen LogP contribution in [0.2, 0.25) is 0 Å². The molecule has 3 rings (SSSR count). The van der Waals surface area contributed by atoms with Crippen molar-refractivity contribution >= 4 is 0 Å². The molecule has 0 bridgehead atoms. The van der Waals surface area contributed by atoms with Gasteiger partial charge < -0.3 is 5.73 Å². The Labute approximate surface area is 61.3 Å². The van der Waals surface area contributed by atoms with Crippen LogP contribution in [-0.4, -0.2) is 6.54 Å². The zero-order chi connectivity index (χ0) is 6.72. The highest BCUT2D eigenvalue weighted by Gasteiger charge is 2.54. The molecule has 0 saturated heterocycles. The third-order valence-corrected chi connectivity index (χ3v) is 3.73. The Morgan fingerprint density at radius 2 is 2.10 bits per heavy atom. The molecule has 1 heteroatoms. The standard InChI is InChI=1S/C9H13N/c10-4-5-3-8-6-1-2-7(6)9(5)8/h5,8-9H,1-4,10H2. The second-order valence-corrected chi connectivity index (χ2v) is 3.91. The van der Waals surface area contributed by atoms with Gasteiger partial charge >= 0.3 is 0 Å². The van der Waals surface area contributed by atoms with E-state index in [1.165, 1.54) is 19.3 Å². The lowest BCUT2D eigenvalue weighted by molar-refractivity contribution is 0.0727. The molecule has 0 amide bonds. The maximum absolute atomic E-state index is 5.63. The largest absolute Gasteiger partial charge is 0.330 e. The molecular weight excluding hydrogens is 122 g/mol. The van der Waals surface area contributed by atoms with E-state index in [4.69, 9.17) is 5.73 Å². The minimum atomic E-state index is 0.879. The Hall–Kier alpha value is -0.300. The Kier molecular flexibility index (Phi) is 0.791. The fourth-order valence-electron chi connectivity index (χ4n) is 3.00. The van der Waals surface area contributed by atoms with Crippen molar-refractivity contribution in [3.05, 3.63) is 11.1 Å². The van der Waals surface area contributed by atoms with Gasteiger partial charge in [0.05, 0.1) is 0 Å². The zero-order valence-corrected chi connectivity index (χ0v) is 6.14. The van der Waals surface area contributed by atoms with Crippen molar-refractivity contribution in [1.82, 2.24) is 0 Å². The van der Waals surface area contributed by atoms with Crippen molar-refractivity contribution < 1.29 is 0 Å². The van der Waals surface area contributed by atoms with E-state index in [1.54, 1.807) is 0 Å². The van der Waals surface area contributed by atoms with Crippen LogP contribution in [0.3, 0.4) is 0 Å². The molecule has 3 aliphatic rings. The Balaban J connectivity index is 1.86. The number of allylic oxidation sites excluding steroid dienone is 2. The van der Waals surface area contributed by atoms with E-state index >= 15 is 0 Å². The van der Waals surface area contributed by atoms with Gasteiger partial charge in [0.1, 0.15) is 0 Å². The summed E-state index contributed by atoms with van der Waals surface area (Å²) in [4.78, 5) is 0. The van der Waals surface area contributed by atoms with Crippen LogP contribution in [0.25, 0.3) is 0 Å². The summed E-state index contributed by atoms with van der Waals surface area (Å²) in [6, 6.07) is 0. The first-order valence-electron chi connectivity index (χ1n) is 4.33. The average Bonchev–Trinajstić information content (AvgIpc) is 1.89. The van der Waals surface area contributed by atoms with Crippen LogP contribution in [0, 0.1) is 17.8 Å². The monoisotopic (exact) mass is 135 g/mol. The van der Waals surface area contributed by atoms with Crippen LogP contribution < -0.4 is 5.73 Å². The summed E-state index contributed by atoms with van der Waals surface area (Å²) in [6.45, 7) is 0.929. The fourth-order valence-corrected chi connectivity index (χ4v) is 3.00. The number of hydrogen-bond acceptors (Lipinski definition) is 1. The molecule has 0 aliphatic heterocycles. The van der Waals surface area contributed by atoms with Crippen molar-refractivity contribution in [3.8, 4) is 0 Å². The summed E-state index contributed by atoms with van der Waals surface area (Å²) in [5.41, 5.74) is 9.27. The molecule has 2 N–H and O–H groups in total. The Morgan fingerprint density at radius 3 is 2.60 bits per heavy atom. The minimum Gasteiger partial charge on any atom is -0.330 e. The summed E-state index contributed by atoms with van der Waals surface area (Å²) < 4.78 is 0. The molecular formula is C9H13N. The maximum Gasteiger partial charge on any atom is -0.00427 e. The third kappa shape index (κ3) is 0.367. The van der Waals surface area contributed by atoms with Crippen molar-refractivity contribution in [1.29, 1.82) is 0 Å². The van der Waals surface area contributed by atoms with E-state index in [2.05, 4.69) is 0 Å². The summed E-state index contributed by atoms with van der Waals surface area (Å²) in [5, 5.41) is 0. The van der Waals surface area contributed by atoms with E-state index in [-0.39, 0.29) is 0 Å². The van der Waals surface area contributed by atoms with Crippen LogP contribution in [0.4, 0.5) is 0 Å². The molecule has 3 aliphatic carbocycles. The summed E-state index contributed by atoms with van der Waals surface area (Å²) in [7, 11) is 0. The molecule has 0 aromatic carbocycles. The molecule has 1 nitrogen and oxygen atoms in total.